The van der Waals surface area contributed by atoms with Crippen LogP contribution in [-0.2, 0) is 6.42 Å². The predicted octanol–water partition coefficient (Wildman–Crippen LogP) is 2.32. The monoisotopic (exact) mass is 240 g/mol. The summed E-state index contributed by atoms with van der Waals surface area (Å²) in [6, 6.07) is 8.33. The number of likely N-dealkylation sites (N-methyl/N-ethyl adjacent to an activating group) is 1. The Balaban J connectivity index is 2.06. The molecule has 4 nitrogen and oxygen atoms in total. The molecule has 0 aliphatic heterocycles. The molecule has 2 heterocycles. The normalized spacial score (nSPS) is 11.2. The quantitative estimate of drug-likeness (QED) is 0.655. The highest BCUT2D eigenvalue weighted by Gasteiger charge is 2.11. The molecule has 0 saturated carbocycles. The van der Waals surface area contributed by atoms with Gasteiger partial charge in [0.15, 0.2) is 0 Å². The Kier molecular flexibility index (Phi) is 2.86. The van der Waals surface area contributed by atoms with E-state index in [0.29, 0.717) is 0 Å². The zero-order valence-electron chi connectivity index (χ0n) is 10.3. The number of nitrogens with zero attached hydrogens (tertiary/aromatic N) is 1. The van der Waals surface area contributed by atoms with Gasteiger partial charge in [-0.1, -0.05) is 18.2 Å². The molecular weight excluding hydrogens is 224 g/mol. The van der Waals surface area contributed by atoms with E-state index in [1.165, 1.54) is 22.2 Å². The number of hydrogen-bond donors (Lipinski definition) is 3. The van der Waals surface area contributed by atoms with E-state index >= 15 is 0 Å². The average molecular weight is 240 g/mol. The second kappa shape index (κ2) is 4.66. The van der Waals surface area contributed by atoms with Crippen molar-refractivity contribution in [2.75, 3.05) is 13.6 Å². The van der Waals surface area contributed by atoms with Crippen molar-refractivity contribution in [3.05, 3.63) is 42.4 Å². The molecule has 0 aliphatic carbocycles. The molecule has 3 N–H and O–H groups in total. The lowest BCUT2D eigenvalue weighted by atomic mass is 10.0. The number of rotatable bonds is 4. The van der Waals surface area contributed by atoms with E-state index in [2.05, 4.69) is 44.9 Å². The van der Waals surface area contributed by atoms with Crippen molar-refractivity contribution in [1.82, 2.24) is 20.5 Å². The molecule has 18 heavy (non-hydrogen) atoms. The molecule has 0 unspecified atom stereocenters. The Morgan fingerprint density at radius 1 is 1.22 bits per heavy atom. The van der Waals surface area contributed by atoms with E-state index < -0.39 is 0 Å². The van der Waals surface area contributed by atoms with E-state index in [4.69, 9.17) is 0 Å². The first-order valence-electron chi connectivity index (χ1n) is 6.13. The van der Waals surface area contributed by atoms with Crippen LogP contribution in [0.4, 0.5) is 0 Å². The molecule has 3 aromatic rings. The Hall–Kier alpha value is -2.07. The third kappa shape index (κ3) is 1.80. The van der Waals surface area contributed by atoms with E-state index in [-0.39, 0.29) is 0 Å². The molecule has 0 bridgehead atoms. The molecule has 0 fully saturated rings. The average Bonchev–Trinajstić information content (AvgIpc) is 3.02. The Labute approximate surface area is 105 Å². The molecule has 92 valence electrons. The molecular formula is C14H16N4. The van der Waals surface area contributed by atoms with Crippen molar-refractivity contribution in [2.24, 2.45) is 0 Å². The summed E-state index contributed by atoms with van der Waals surface area (Å²) in [6.07, 6.45) is 4.91. The largest absolute Gasteiger partial charge is 0.361 e. The molecule has 0 amide bonds. The lowest BCUT2D eigenvalue weighted by Crippen LogP contribution is -2.10. The van der Waals surface area contributed by atoms with Crippen LogP contribution in [0.25, 0.3) is 22.0 Å². The summed E-state index contributed by atoms with van der Waals surface area (Å²) in [4.78, 5) is 3.30. The van der Waals surface area contributed by atoms with Crippen molar-refractivity contribution < 1.29 is 0 Å². The Morgan fingerprint density at radius 3 is 3.00 bits per heavy atom. The summed E-state index contributed by atoms with van der Waals surface area (Å²) in [5.41, 5.74) is 4.73. The zero-order valence-corrected chi connectivity index (χ0v) is 10.3. The smallest absolute Gasteiger partial charge is 0.0569 e. The van der Waals surface area contributed by atoms with Crippen LogP contribution in [0.5, 0.6) is 0 Å². The van der Waals surface area contributed by atoms with Gasteiger partial charge in [0, 0.05) is 46.9 Å². The maximum absolute atomic E-state index is 4.17. The minimum Gasteiger partial charge on any atom is -0.361 e. The molecule has 0 radical (unpaired) electrons. The third-order valence-corrected chi connectivity index (χ3v) is 3.22. The predicted molar refractivity (Wildman–Crippen MR) is 73.5 cm³/mol. The molecule has 0 atom stereocenters. The van der Waals surface area contributed by atoms with Crippen molar-refractivity contribution in [1.29, 1.82) is 0 Å². The summed E-state index contributed by atoms with van der Waals surface area (Å²) >= 11 is 0. The first kappa shape index (κ1) is 11.0. The summed E-state index contributed by atoms with van der Waals surface area (Å²) in [6.45, 7) is 0.942. The minimum absolute atomic E-state index is 0.942. The van der Waals surface area contributed by atoms with Gasteiger partial charge in [-0.3, -0.25) is 5.10 Å². The van der Waals surface area contributed by atoms with Gasteiger partial charge in [0.05, 0.1) is 6.20 Å². The van der Waals surface area contributed by atoms with Crippen LogP contribution in [0.2, 0.25) is 0 Å². The van der Waals surface area contributed by atoms with Gasteiger partial charge in [0.25, 0.3) is 0 Å². The maximum Gasteiger partial charge on any atom is 0.0569 e. The number of nitrogens with one attached hydrogen (secondary N) is 3. The van der Waals surface area contributed by atoms with Gasteiger partial charge in [-0.2, -0.15) is 5.10 Å². The van der Waals surface area contributed by atoms with Gasteiger partial charge in [0.1, 0.15) is 0 Å². The highest BCUT2D eigenvalue weighted by molar-refractivity contribution is 5.95. The van der Waals surface area contributed by atoms with Gasteiger partial charge in [-0.15, -0.1) is 0 Å². The first-order valence-corrected chi connectivity index (χ1v) is 6.13. The minimum atomic E-state index is 0.942. The molecule has 1 aromatic carbocycles. The van der Waals surface area contributed by atoms with E-state index in [1.807, 2.05) is 19.3 Å². The topological polar surface area (TPSA) is 56.5 Å². The molecule has 4 heteroatoms. The van der Waals surface area contributed by atoms with Crippen LogP contribution in [0, 0.1) is 0 Å². The standard InChI is InChI=1S/C14H16N4/c1-15-7-6-14-12(9-17-18-14)11-8-16-13-5-3-2-4-10(11)13/h2-5,8-9,15-16H,6-7H2,1H3,(H,17,18). The Morgan fingerprint density at radius 2 is 2.11 bits per heavy atom. The number of H-pyrrole nitrogens is 2. The molecule has 0 spiro atoms. The van der Waals surface area contributed by atoms with Crippen molar-refractivity contribution in [3.8, 4) is 11.1 Å². The highest BCUT2D eigenvalue weighted by Crippen LogP contribution is 2.29. The first-order chi connectivity index (χ1) is 8.90. The van der Waals surface area contributed by atoms with Crippen LogP contribution in [0.1, 0.15) is 5.69 Å². The van der Waals surface area contributed by atoms with Gasteiger partial charge in [0.2, 0.25) is 0 Å². The summed E-state index contributed by atoms with van der Waals surface area (Å²) in [5, 5.41) is 11.7. The summed E-state index contributed by atoms with van der Waals surface area (Å²) in [5.74, 6) is 0. The third-order valence-electron chi connectivity index (χ3n) is 3.22. The van der Waals surface area contributed by atoms with Gasteiger partial charge >= 0.3 is 0 Å². The van der Waals surface area contributed by atoms with Crippen LogP contribution >= 0.6 is 0 Å². The second-order valence-corrected chi connectivity index (χ2v) is 4.36. The number of benzene rings is 1. The SMILES string of the molecule is CNCCc1[nH]ncc1-c1c[nH]c2ccccc12. The summed E-state index contributed by atoms with van der Waals surface area (Å²) < 4.78 is 0. The zero-order chi connectivity index (χ0) is 12.4. The van der Waals surface area contributed by atoms with Gasteiger partial charge < -0.3 is 10.3 Å². The fraction of sp³-hybridized carbons (Fsp3) is 0.214. The number of fused-ring (bicyclic) bond motifs is 1. The Bertz CT molecular complexity index is 650. The fourth-order valence-corrected chi connectivity index (χ4v) is 2.28. The number of hydrogen-bond acceptors (Lipinski definition) is 2. The second-order valence-electron chi connectivity index (χ2n) is 4.36. The van der Waals surface area contributed by atoms with E-state index in [1.54, 1.807) is 0 Å². The van der Waals surface area contributed by atoms with Crippen LogP contribution in [0.15, 0.2) is 36.7 Å². The fourth-order valence-electron chi connectivity index (χ4n) is 2.28. The van der Waals surface area contributed by atoms with E-state index in [0.717, 1.165) is 18.5 Å². The van der Waals surface area contributed by atoms with Crippen LogP contribution in [0.3, 0.4) is 0 Å². The van der Waals surface area contributed by atoms with Crippen molar-refractivity contribution in [2.45, 2.75) is 6.42 Å². The van der Waals surface area contributed by atoms with Crippen molar-refractivity contribution in [3.63, 3.8) is 0 Å². The van der Waals surface area contributed by atoms with Crippen LogP contribution in [-0.4, -0.2) is 28.8 Å². The van der Waals surface area contributed by atoms with E-state index in [9.17, 15) is 0 Å². The lowest BCUT2D eigenvalue weighted by Gasteiger charge is -2.01. The number of aromatic nitrogens is 3. The highest BCUT2D eigenvalue weighted by atomic mass is 15.1. The van der Waals surface area contributed by atoms with Crippen molar-refractivity contribution >= 4 is 10.9 Å². The number of aromatic amines is 2. The number of para-hydroxylation sites is 1. The molecule has 0 saturated heterocycles. The molecule has 2 aromatic heterocycles. The molecule has 3 rings (SSSR count). The summed E-state index contributed by atoms with van der Waals surface area (Å²) in [7, 11) is 1.96. The van der Waals surface area contributed by atoms with Gasteiger partial charge in [-0.25, -0.2) is 0 Å². The van der Waals surface area contributed by atoms with Crippen LogP contribution < -0.4 is 5.32 Å². The maximum atomic E-state index is 4.17. The molecule has 0 aliphatic rings. The lowest BCUT2D eigenvalue weighted by molar-refractivity contribution is 0.773. The van der Waals surface area contributed by atoms with Gasteiger partial charge in [-0.05, 0) is 13.1 Å².